The molecule has 4 aromatic rings. The summed E-state index contributed by atoms with van der Waals surface area (Å²) in [5.74, 6) is 0.384. The van der Waals surface area contributed by atoms with E-state index in [4.69, 9.17) is 14.6 Å². The third kappa shape index (κ3) is 4.01. The lowest BCUT2D eigenvalue weighted by atomic mass is 9.73. The number of nitrogens with zero attached hydrogens (tertiary/aromatic N) is 2. The van der Waals surface area contributed by atoms with Crippen LogP contribution in [0.25, 0.3) is 5.69 Å². The average molecular weight is 542 g/mol. The van der Waals surface area contributed by atoms with Gasteiger partial charge >= 0.3 is 5.97 Å². The molecule has 9 heteroatoms. The molecule has 2 aromatic heterocycles. The van der Waals surface area contributed by atoms with Gasteiger partial charge in [-0.15, -0.1) is 11.3 Å². The Balaban J connectivity index is 1.61. The van der Waals surface area contributed by atoms with Crippen LogP contribution in [0.3, 0.4) is 0 Å². The highest BCUT2D eigenvalue weighted by atomic mass is 32.1. The van der Waals surface area contributed by atoms with Gasteiger partial charge in [0.1, 0.15) is 5.82 Å². The van der Waals surface area contributed by atoms with Crippen molar-refractivity contribution >= 4 is 28.9 Å². The van der Waals surface area contributed by atoms with Crippen LogP contribution in [0.5, 0.6) is 11.5 Å². The summed E-state index contributed by atoms with van der Waals surface area (Å²) in [7, 11) is 3.18. The molecule has 8 nitrogen and oxygen atoms in total. The predicted octanol–water partition coefficient (Wildman–Crippen LogP) is 5.92. The summed E-state index contributed by atoms with van der Waals surface area (Å²) in [6.07, 6.45) is 1.06. The van der Waals surface area contributed by atoms with Gasteiger partial charge in [-0.25, -0.2) is 9.48 Å². The number of para-hydroxylation sites is 2. The normalized spacial score (nSPS) is 18.3. The van der Waals surface area contributed by atoms with Crippen LogP contribution < -0.4 is 14.8 Å². The summed E-state index contributed by atoms with van der Waals surface area (Å²) in [6.45, 7) is 1.88. The number of carboxylic acids is 1. The van der Waals surface area contributed by atoms with Gasteiger partial charge in [-0.1, -0.05) is 30.3 Å². The van der Waals surface area contributed by atoms with Gasteiger partial charge in [0.15, 0.2) is 17.3 Å². The van der Waals surface area contributed by atoms with Crippen molar-refractivity contribution in [1.82, 2.24) is 9.78 Å². The molecule has 3 heterocycles. The molecule has 0 saturated carbocycles. The molecule has 2 atom stereocenters. The minimum atomic E-state index is -1.04. The lowest BCUT2D eigenvalue weighted by molar-refractivity contribution is -0.116. The van der Waals surface area contributed by atoms with Crippen LogP contribution in [0.4, 0.5) is 5.82 Å². The molecule has 198 valence electrons. The van der Waals surface area contributed by atoms with E-state index in [9.17, 15) is 14.7 Å². The van der Waals surface area contributed by atoms with Crippen LogP contribution in [0.1, 0.15) is 56.7 Å². The average Bonchev–Trinajstić information content (AvgIpc) is 3.60. The fraction of sp³-hybridized carbons (Fsp3) is 0.233. The first kappa shape index (κ1) is 24.9. The van der Waals surface area contributed by atoms with Crippen molar-refractivity contribution < 1.29 is 24.2 Å². The zero-order valence-corrected chi connectivity index (χ0v) is 22.5. The van der Waals surface area contributed by atoms with E-state index in [-0.39, 0.29) is 17.3 Å². The smallest absolute Gasteiger partial charge is 0.337 e. The fourth-order valence-corrected chi connectivity index (χ4v) is 6.70. The zero-order chi connectivity index (χ0) is 27.3. The molecule has 0 fully saturated rings. The molecule has 2 aliphatic rings. The minimum absolute atomic E-state index is 0.0573. The van der Waals surface area contributed by atoms with E-state index >= 15 is 0 Å². The minimum Gasteiger partial charge on any atom is -0.493 e. The number of fused-ring (bicyclic) bond motifs is 1. The van der Waals surface area contributed by atoms with E-state index in [1.54, 1.807) is 54.5 Å². The van der Waals surface area contributed by atoms with Gasteiger partial charge in [-0.05, 0) is 43.0 Å². The number of rotatable bonds is 6. The number of carbonyl (C=O) groups is 2. The maximum Gasteiger partial charge on any atom is 0.337 e. The largest absolute Gasteiger partial charge is 0.493 e. The van der Waals surface area contributed by atoms with Crippen molar-refractivity contribution in [2.45, 2.75) is 31.6 Å². The first-order chi connectivity index (χ1) is 18.9. The number of thiophene rings is 1. The number of benzene rings is 2. The zero-order valence-electron chi connectivity index (χ0n) is 21.7. The molecule has 2 N–H and O–H groups in total. The first-order valence-corrected chi connectivity index (χ1v) is 13.5. The number of anilines is 1. The van der Waals surface area contributed by atoms with Crippen LogP contribution in [-0.4, -0.2) is 40.9 Å². The number of hydrogen-bond acceptors (Lipinski definition) is 7. The number of carboxylic acid groups (broad SMARTS) is 1. The van der Waals surface area contributed by atoms with E-state index in [1.165, 1.54) is 4.88 Å². The van der Waals surface area contributed by atoms with Crippen LogP contribution in [-0.2, 0) is 4.79 Å². The van der Waals surface area contributed by atoms with E-state index < -0.39 is 11.9 Å². The van der Waals surface area contributed by atoms with Gasteiger partial charge < -0.3 is 19.9 Å². The predicted molar refractivity (Wildman–Crippen MR) is 149 cm³/mol. The summed E-state index contributed by atoms with van der Waals surface area (Å²) >= 11 is 1.65. The number of ketones is 1. The number of Topliss-reactive ketones (excluding diaryl/α,β-unsaturated/α-hetero) is 1. The Bertz CT molecular complexity index is 1640. The Morgan fingerprint density at radius 3 is 2.62 bits per heavy atom. The second kappa shape index (κ2) is 9.74. The molecule has 1 aliphatic heterocycles. The molecule has 0 saturated heterocycles. The number of nitrogens with one attached hydrogen (secondary N) is 1. The van der Waals surface area contributed by atoms with Crippen molar-refractivity contribution in [3.63, 3.8) is 0 Å². The molecule has 0 spiro atoms. The maximum atomic E-state index is 13.9. The summed E-state index contributed by atoms with van der Waals surface area (Å²) in [4.78, 5) is 27.2. The van der Waals surface area contributed by atoms with Crippen LogP contribution >= 0.6 is 11.3 Å². The maximum absolute atomic E-state index is 13.9. The Kier molecular flexibility index (Phi) is 6.23. The molecule has 1 aliphatic carbocycles. The Morgan fingerprint density at radius 1 is 1.08 bits per heavy atom. The van der Waals surface area contributed by atoms with Crippen molar-refractivity contribution in [3.05, 3.63) is 98.5 Å². The third-order valence-corrected chi connectivity index (χ3v) is 8.55. The van der Waals surface area contributed by atoms with Crippen LogP contribution in [0.15, 0.2) is 71.2 Å². The molecule has 0 amide bonds. The van der Waals surface area contributed by atoms with Crippen molar-refractivity contribution in [2.75, 3.05) is 19.5 Å². The number of hydrogen-bond donors (Lipinski definition) is 2. The molecule has 0 radical (unpaired) electrons. The molecule has 0 unspecified atom stereocenters. The van der Waals surface area contributed by atoms with Crippen molar-refractivity contribution in [1.29, 1.82) is 0 Å². The quantitative estimate of drug-likeness (QED) is 0.313. The number of carbonyl (C=O) groups excluding carboxylic acids is 1. The van der Waals surface area contributed by atoms with E-state index in [2.05, 4.69) is 11.4 Å². The van der Waals surface area contributed by atoms with Gasteiger partial charge in [-0.2, -0.15) is 5.10 Å². The van der Waals surface area contributed by atoms with Crippen molar-refractivity contribution in [3.8, 4) is 17.2 Å². The second-order valence-corrected chi connectivity index (χ2v) is 10.6. The lowest BCUT2D eigenvalue weighted by Crippen LogP contribution is -2.30. The second-order valence-electron chi connectivity index (χ2n) is 9.66. The van der Waals surface area contributed by atoms with Crippen molar-refractivity contribution in [2.24, 2.45) is 0 Å². The highest BCUT2D eigenvalue weighted by Crippen LogP contribution is 2.52. The monoisotopic (exact) mass is 541 g/mol. The first-order valence-electron chi connectivity index (χ1n) is 12.6. The molecular formula is C30H27N3O5S. The Hall–Kier alpha value is -4.37. The van der Waals surface area contributed by atoms with Gasteiger partial charge in [0.2, 0.25) is 0 Å². The number of aryl methyl sites for hydroxylation is 1. The molecule has 6 rings (SSSR count). The Morgan fingerprint density at radius 2 is 1.90 bits per heavy atom. The summed E-state index contributed by atoms with van der Waals surface area (Å²) in [6, 6.07) is 16.5. The van der Waals surface area contributed by atoms with Gasteiger partial charge in [0.05, 0.1) is 31.2 Å². The lowest BCUT2D eigenvalue weighted by Gasteiger charge is -2.36. The molecule has 0 bridgehead atoms. The summed E-state index contributed by atoms with van der Waals surface area (Å²) in [5, 5.41) is 20.3. The van der Waals surface area contributed by atoms with E-state index in [0.29, 0.717) is 47.1 Å². The van der Waals surface area contributed by atoms with Gasteiger partial charge in [0, 0.05) is 45.5 Å². The number of aromatic nitrogens is 2. The number of ether oxygens (including phenoxy) is 2. The van der Waals surface area contributed by atoms with E-state index in [0.717, 1.165) is 16.8 Å². The third-order valence-electron chi connectivity index (χ3n) is 7.51. The standard InChI is InChI=1S/C30H27N3O5S/c1-16-25-26(19-9-6-11-23(37-2)28(19)38-3)27-20(14-17(15-22(27)34)24-12-7-13-39-24)31-29(25)33(32-16)21-10-5-4-8-18(21)30(35)36/h4-13,17,26,31H,14-15H2,1-3H3,(H,35,36)/t17-,26+/m1/s1. The highest BCUT2D eigenvalue weighted by Gasteiger charge is 2.43. The molecule has 2 aromatic carbocycles. The number of methoxy groups -OCH3 is 2. The number of aromatic carboxylic acids is 1. The van der Waals surface area contributed by atoms with Gasteiger partial charge in [-0.3, -0.25) is 4.79 Å². The number of allylic oxidation sites excluding steroid dienone is 2. The Labute approximate surface area is 229 Å². The SMILES string of the molecule is COc1cccc([C@@H]2C3=C(C[C@@H](c4cccs4)CC3=O)Nc3c2c(C)nn3-c2ccccc2C(=O)O)c1OC. The topological polar surface area (TPSA) is 103 Å². The summed E-state index contributed by atoms with van der Waals surface area (Å²) in [5.41, 5.74) is 4.38. The highest BCUT2D eigenvalue weighted by molar-refractivity contribution is 7.10. The van der Waals surface area contributed by atoms with E-state index in [1.807, 2.05) is 36.6 Å². The van der Waals surface area contributed by atoms with Gasteiger partial charge in [0.25, 0.3) is 0 Å². The molecule has 39 heavy (non-hydrogen) atoms. The molecular weight excluding hydrogens is 514 g/mol. The fourth-order valence-electron chi connectivity index (χ4n) is 5.87. The summed E-state index contributed by atoms with van der Waals surface area (Å²) < 4.78 is 13.1. The van der Waals surface area contributed by atoms with Crippen LogP contribution in [0.2, 0.25) is 0 Å². The van der Waals surface area contributed by atoms with Crippen LogP contribution in [0, 0.1) is 6.92 Å².